The summed E-state index contributed by atoms with van der Waals surface area (Å²) in [6.45, 7) is 12.4. The topological polar surface area (TPSA) is 495 Å². The SMILES string of the molecule is COC[C@H]1C[C@H](OC)CN1C(=O)CCCCC(=O)CCC(C)(C)SSCCOCCOCCC(=O)CC(CCCOC(=O)CCCCCCCNC(=O)CCCOC1OC(CO)C(O)C(O)C1C)(CCCOC(=O)CCCCCCCNC(=O)CCCOC1OC(CO)C(O)C(O)C1C)CCCOC(=O)NCCCCCCCC(=O)CCCOC1OC(CO)C(O)C(O)C1C. The molecule has 0 radical (unpaired) electrons. The molecule has 130 heavy (non-hydrogen) atoms. The number of ether oxygens (including phenoxy) is 13. The molecule has 35 nitrogen and oxygen atoms in total. The number of ketones is 3. The summed E-state index contributed by atoms with van der Waals surface area (Å²) >= 11 is 0. The highest BCUT2D eigenvalue weighted by molar-refractivity contribution is 8.77. The van der Waals surface area contributed by atoms with E-state index in [4.69, 9.17) is 61.6 Å². The van der Waals surface area contributed by atoms with Gasteiger partial charge in [0.2, 0.25) is 17.7 Å². The average molecular weight is 1900 g/mol. The summed E-state index contributed by atoms with van der Waals surface area (Å²) < 4.78 is 73.8. The highest BCUT2D eigenvalue weighted by Crippen LogP contribution is 2.41. The molecule has 4 amide bonds. The molecule has 4 aliphatic heterocycles. The van der Waals surface area contributed by atoms with Crippen LogP contribution in [0.5, 0.6) is 0 Å². The number of likely N-dealkylation sites (tertiary alicyclic amines) is 1. The van der Waals surface area contributed by atoms with Gasteiger partial charge in [0.25, 0.3) is 0 Å². The Hall–Kier alpha value is -4.43. The van der Waals surface area contributed by atoms with Crippen LogP contribution in [0.15, 0.2) is 0 Å². The fourth-order valence-electron chi connectivity index (χ4n) is 16.4. The maximum absolute atomic E-state index is 14.3. The second-order valence-corrected chi connectivity index (χ2v) is 39.2. The summed E-state index contributed by atoms with van der Waals surface area (Å²) in [5.74, 6) is -1.48. The lowest BCUT2D eigenvalue weighted by Crippen LogP contribution is -2.55. The van der Waals surface area contributed by atoms with Gasteiger partial charge in [-0.3, -0.25) is 38.4 Å². The van der Waals surface area contributed by atoms with Gasteiger partial charge in [-0.05, 0) is 141 Å². The van der Waals surface area contributed by atoms with E-state index in [2.05, 4.69) is 29.8 Å². The van der Waals surface area contributed by atoms with Crippen LogP contribution in [0.3, 0.4) is 0 Å². The molecule has 0 aromatic heterocycles. The van der Waals surface area contributed by atoms with E-state index in [0.717, 1.165) is 89.9 Å². The largest absolute Gasteiger partial charge is 0.466 e. The summed E-state index contributed by atoms with van der Waals surface area (Å²) in [4.78, 5) is 119. The van der Waals surface area contributed by atoms with Crippen molar-refractivity contribution in [2.24, 2.45) is 23.2 Å². The number of methoxy groups -OCH3 is 2. The first kappa shape index (κ1) is 118. The molecule has 0 aromatic carbocycles. The molecule has 0 aromatic rings. The molecule has 4 rings (SSSR count). The van der Waals surface area contributed by atoms with Gasteiger partial charge >= 0.3 is 18.0 Å². The number of esters is 2. The molecule has 4 aliphatic rings. The first-order valence-corrected chi connectivity index (χ1v) is 50.6. The molecule has 756 valence electrons. The van der Waals surface area contributed by atoms with E-state index < -0.39 is 123 Å². The zero-order valence-electron chi connectivity index (χ0n) is 79.1. The van der Waals surface area contributed by atoms with Crippen LogP contribution >= 0.6 is 21.6 Å². The number of rotatable bonds is 78. The van der Waals surface area contributed by atoms with Crippen molar-refractivity contribution in [2.45, 2.75) is 376 Å². The number of aliphatic hydroxyl groups excluding tert-OH is 9. The van der Waals surface area contributed by atoms with Gasteiger partial charge in [-0.1, -0.05) is 100 Å². The van der Waals surface area contributed by atoms with E-state index in [1.165, 1.54) is 0 Å². The molecule has 0 bridgehead atoms. The minimum absolute atomic E-state index is 0.00345. The summed E-state index contributed by atoms with van der Waals surface area (Å²) in [5, 5.41) is 98.4. The lowest BCUT2D eigenvalue weighted by atomic mass is 9.71. The number of nitrogens with one attached hydrogen (secondary N) is 3. The van der Waals surface area contributed by atoms with E-state index in [0.29, 0.717) is 174 Å². The van der Waals surface area contributed by atoms with Crippen molar-refractivity contribution >= 4 is 74.7 Å². The molecule has 15 unspecified atom stereocenters. The molecular weight excluding hydrogens is 1730 g/mol. The number of Topliss-reactive ketones (excluding diaryl/α,β-unsaturated/α-hetero) is 3. The fourth-order valence-corrected chi connectivity index (χ4v) is 18.8. The Bertz CT molecular complexity index is 2860. The smallest absolute Gasteiger partial charge is 0.407 e. The number of alkyl carbamates (subject to hydrolysis) is 1. The predicted octanol–water partition coefficient (Wildman–Crippen LogP) is 8.28. The second-order valence-electron chi connectivity index (χ2n) is 36.1. The highest BCUT2D eigenvalue weighted by Gasteiger charge is 2.46. The van der Waals surface area contributed by atoms with Crippen LogP contribution < -0.4 is 16.0 Å². The Morgan fingerprint density at radius 1 is 0.408 bits per heavy atom. The third-order valence-electron chi connectivity index (χ3n) is 24.6. The zero-order chi connectivity index (χ0) is 95.3. The maximum Gasteiger partial charge on any atom is 0.407 e. The summed E-state index contributed by atoms with van der Waals surface area (Å²) in [5.41, 5.74) is -0.678. The predicted molar refractivity (Wildman–Crippen MR) is 487 cm³/mol. The van der Waals surface area contributed by atoms with Gasteiger partial charge in [0.1, 0.15) is 54.0 Å². The van der Waals surface area contributed by atoms with E-state index in [9.17, 15) is 89.1 Å². The van der Waals surface area contributed by atoms with Crippen LogP contribution in [-0.4, -0.2) is 333 Å². The van der Waals surface area contributed by atoms with Crippen molar-refractivity contribution in [3.8, 4) is 0 Å². The monoisotopic (exact) mass is 1900 g/mol. The number of hydrogen-bond acceptors (Lipinski definition) is 33. The average Bonchev–Trinajstić information content (AvgIpc) is 0.931. The molecule has 0 aliphatic carbocycles. The van der Waals surface area contributed by atoms with Gasteiger partial charge in [0.15, 0.2) is 18.9 Å². The number of nitrogens with zero attached hydrogens (tertiary/aromatic N) is 1. The zero-order valence-corrected chi connectivity index (χ0v) is 80.7. The molecule has 4 saturated heterocycles. The Kier molecular flexibility index (Phi) is 63.7. The van der Waals surface area contributed by atoms with Crippen LogP contribution in [0.1, 0.15) is 285 Å². The normalized spacial score (nSPS) is 24.6. The van der Waals surface area contributed by atoms with E-state index >= 15 is 0 Å². The molecule has 17 atom stereocenters. The minimum atomic E-state index is -1.23. The van der Waals surface area contributed by atoms with Gasteiger partial charge in [-0.25, -0.2) is 4.79 Å². The number of carbonyl (C=O) groups is 9. The molecule has 4 fully saturated rings. The molecular formula is C93H166N4O31S2. The number of hydrogen-bond donors (Lipinski definition) is 12. The maximum atomic E-state index is 14.3. The highest BCUT2D eigenvalue weighted by atomic mass is 33.1. The number of aliphatic hydroxyl groups is 9. The van der Waals surface area contributed by atoms with Crippen molar-refractivity contribution in [3.05, 3.63) is 0 Å². The lowest BCUT2D eigenvalue weighted by Gasteiger charge is -2.40. The van der Waals surface area contributed by atoms with Crippen LogP contribution in [-0.2, 0) is 99.9 Å². The first-order valence-electron chi connectivity index (χ1n) is 48.3. The Morgan fingerprint density at radius 3 is 1.27 bits per heavy atom. The Morgan fingerprint density at radius 2 is 0.808 bits per heavy atom. The quantitative estimate of drug-likeness (QED) is 0.0118. The Balaban J connectivity index is 1.25. The standard InChI is InChI=1S/C93H166N4O31S2/c1-66-82(109)85(112)74(62-98)126-88(66)122-48-25-33-70(101)31-17-11-8-16-24-47-96-91(115)125-53-30-43-93(41-28-51-120-80(107)37-18-12-9-14-22-45-94-77(104)34-26-49-123-89-67(2)83(110)86(113)75(63-99)127-89,42-29-52-121-81(108)38-19-13-10-15-23-46-95-78(105)35-27-50-124-90-68(3)84(111)87(114)76(64-100)128-90)60-72(103)40-54-118-55-56-119-57-58-129-130-92(4,5)44-39-71(102)32-20-21-36-79(106)97-61-73(117-7)59-69(97)65-116-6/h66-69,73-76,82-90,98-100,109-114H,8-65H2,1-7H3,(H,94,104)(H,95,105)(H,96,115)/t66?,67?,68?,69-,73+,74?,75?,76?,82?,83?,84?,85?,86?,87?,88?,89?,90?,93?/m1/s1. The van der Waals surface area contributed by atoms with Gasteiger partial charge in [-0.2, -0.15) is 0 Å². The van der Waals surface area contributed by atoms with E-state index in [-0.39, 0.29) is 155 Å². The molecule has 12 N–H and O–H groups in total. The van der Waals surface area contributed by atoms with Crippen molar-refractivity contribution in [1.29, 1.82) is 0 Å². The van der Waals surface area contributed by atoms with Crippen molar-refractivity contribution in [2.75, 3.05) is 139 Å². The number of carbonyl (C=O) groups excluding carboxylic acids is 9. The van der Waals surface area contributed by atoms with Gasteiger partial charge in [0, 0.05) is 139 Å². The van der Waals surface area contributed by atoms with Gasteiger partial charge in [-0.15, -0.1) is 0 Å². The Labute approximate surface area is 779 Å². The van der Waals surface area contributed by atoms with E-state index in [1.807, 2.05) is 4.90 Å². The lowest BCUT2D eigenvalue weighted by molar-refractivity contribution is -0.282. The third-order valence-corrected chi connectivity index (χ3v) is 28.0. The van der Waals surface area contributed by atoms with Crippen LogP contribution in [0.25, 0.3) is 0 Å². The third kappa shape index (κ3) is 50.1. The van der Waals surface area contributed by atoms with Gasteiger partial charge in [0.05, 0.1) is 123 Å². The van der Waals surface area contributed by atoms with Crippen molar-refractivity contribution in [3.63, 3.8) is 0 Å². The number of amides is 4. The summed E-state index contributed by atoms with van der Waals surface area (Å²) in [6.07, 6.45) is 8.54. The second kappa shape index (κ2) is 70.2. The molecule has 4 heterocycles. The molecule has 37 heteroatoms. The van der Waals surface area contributed by atoms with E-state index in [1.54, 1.807) is 56.6 Å². The fraction of sp³-hybridized carbons (Fsp3) is 0.903. The first-order chi connectivity index (χ1) is 62.5. The van der Waals surface area contributed by atoms with Crippen LogP contribution in [0.4, 0.5) is 4.79 Å². The minimum Gasteiger partial charge on any atom is -0.466 e. The van der Waals surface area contributed by atoms with Crippen LogP contribution in [0.2, 0.25) is 0 Å². The van der Waals surface area contributed by atoms with Crippen molar-refractivity contribution < 1.29 is 151 Å². The summed E-state index contributed by atoms with van der Waals surface area (Å²) in [7, 11) is 6.69. The van der Waals surface area contributed by atoms with Gasteiger partial charge < -0.3 is 128 Å². The van der Waals surface area contributed by atoms with Crippen LogP contribution in [0, 0.1) is 23.2 Å². The summed E-state index contributed by atoms with van der Waals surface area (Å²) in [6, 6.07) is 0.00345. The molecule has 0 saturated carbocycles. The number of unbranched alkanes of at least 4 members (excludes halogenated alkanes) is 13. The van der Waals surface area contributed by atoms with Crippen molar-refractivity contribution in [1.82, 2.24) is 20.9 Å². The molecule has 0 spiro atoms.